The molecule has 0 aliphatic heterocycles. The zero-order chi connectivity index (χ0) is 15.7. The zero-order valence-electron chi connectivity index (χ0n) is 11.1. The van der Waals surface area contributed by atoms with E-state index in [1.807, 2.05) is 0 Å². The molecule has 0 spiro atoms. The lowest BCUT2D eigenvalue weighted by Gasteiger charge is -2.05. The molecule has 1 aromatic heterocycles. The molecule has 0 saturated carbocycles. The fraction of sp³-hybridized carbons (Fsp3) is 0. The summed E-state index contributed by atoms with van der Waals surface area (Å²) in [6, 6.07) is 11.7. The number of rotatable bonds is 2. The Bertz CT molecular complexity index is 936. The second-order valence-corrected chi connectivity index (χ2v) is 4.98. The van der Waals surface area contributed by atoms with Crippen LogP contribution < -0.4 is 10.9 Å². The Morgan fingerprint density at radius 2 is 1.91 bits per heavy atom. The first-order chi connectivity index (χ1) is 10.5. The van der Waals surface area contributed by atoms with E-state index >= 15 is 0 Å². The molecule has 1 N–H and O–H groups in total. The predicted molar refractivity (Wildman–Crippen MR) is 81.8 cm³/mol. The van der Waals surface area contributed by atoms with Crippen LogP contribution in [0.25, 0.3) is 11.0 Å². The Labute approximate surface area is 129 Å². The van der Waals surface area contributed by atoms with Gasteiger partial charge in [-0.2, -0.15) is 0 Å². The molecule has 0 fully saturated rings. The van der Waals surface area contributed by atoms with E-state index in [0.29, 0.717) is 5.39 Å². The first-order valence-corrected chi connectivity index (χ1v) is 6.72. The quantitative estimate of drug-likeness (QED) is 0.731. The number of hydrogen-bond acceptors (Lipinski definition) is 3. The van der Waals surface area contributed by atoms with E-state index in [1.165, 1.54) is 24.3 Å². The van der Waals surface area contributed by atoms with Crippen molar-refractivity contribution in [3.8, 4) is 0 Å². The fourth-order valence-electron chi connectivity index (χ4n) is 2.03. The van der Waals surface area contributed by atoms with Gasteiger partial charge in [0, 0.05) is 11.1 Å². The average Bonchev–Trinajstić information content (AvgIpc) is 2.47. The lowest BCUT2D eigenvalue weighted by atomic mass is 10.1. The summed E-state index contributed by atoms with van der Waals surface area (Å²) >= 11 is 5.93. The number of halogens is 2. The van der Waals surface area contributed by atoms with Crippen molar-refractivity contribution in [2.75, 3.05) is 5.32 Å². The maximum Gasteiger partial charge on any atom is 0.349 e. The van der Waals surface area contributed by atoms with Crippen molar-refractivity contribution in [1.82, 2.24) is 0 Å². The molecule has 0 saturated heterocycles. The summed E-state index contributed by atoms with van der Waals surface area (Å²) < 4.78 is 18.2. The first kappa shape index (κ1) is 14.3. The normalized spacial score (nSPS) is 10.6. The number of hydrogen-bond donors (Lipinski definition) is 1. The molecule has 1 heterocycles. The summed E-state index contributed by atoms with van der Waals surface area (Å²) in [4.78, 5) is 24.1. The molecule has 1 amide bonds. The second-order valence-electron chi connectivity index (χ2n) is 4.57. The van der Waals surface area contributed by atoms with Crippen LogP contribution in [0.1, 0.15) is 10.4 Å². The van der Waals surface area contributed by atoms with Gasteiger partial charge in [-0.25, -0.2) is 9.18 Å². The van der Waals surface area contributed by atoms with E-state index in [4.69, 9.17) is 16.0 Å². The Hall–Kier alpha value is -2.66. The minimum absolute atomic E-state index is 0.181. The molecule has 3 rings (SSSR count). The number of para-hydroxylation sites is 1. The van der Waals surface area contributed by atoms with Crippen molar-refractivity contribution in [2.24, 2.45) is 0 Å². The van der Waals surface area contributed by atoms with Gasteiger partial charge in [0.05, 0.1) is 5.02 Å². The molecule has 6 heteroatoms. The highest BCUT2D eigenvalue weighted by molar-refractivity contribution is 6.34. The molecule has 4 nitrogen and oxygen atoms in total. The summed E-state index contributed by atoms with van der Waals surface area (Å²) in [6.45, 7) is 0. The minimum atomic E-state index is -0.811. The SMILES string of the molecule is O=C(Nc1cccc(F)c1)c1cc2cccc(Cl)c2oc1=O. The predicted octanol–water partition coefficient (Wildman–Crippen LogP) is 3.84. The maximum absolute atomic E-state index is 13.1. The molecule has 0 aliphatic rings. The molecule has 0 atom stereocenters. The molecular formula is C16H9ClFNO3. The van der Waals surface area contributed by atoms with Gasteiger partial charge in [0.15, 0.2) is 5.58 Å². The molecule has 0 radical (unpaired) electrons. The molecule has 22 heavy (non-hydrogen) atoms. The summed E-state index contributed by atoms with van der Waals surface area (Å²) in [5.41, 5.74) is -0.527. The number of nitrogens with one attached hydrogen (secondary N) is 1. The van der Waals surface area contributed by atoms with E-state index < -0.39 is 17.3 Å². The highest BCUT2D eigenvalue weighted by atomic mass is 35.5. The van der Waals surface area contributed by atoms with Gasteiger partial charge in [-0.1, -0.05) is 29.8 Å². The van der Waals surface area contributed by atoms with Crippen LogP contribution >= 0.6 is 11.6 Å². The Morgan fingerprint density at radius 3 is 2.68 bits per heavy atom. The largest absolute Gasteiger partial charge is 0.421 e. The van der Waals surface area contributed by atoms with Gasteiger partial charge in [-0.05, 0) is 30.3 Å². The maximum atomic E-state index is 13.1. The van der Waals surface area contributed by atoms with Crippen LogP contribution in [0.3, 0.4) is 0 Å². The van der Waals surface area contributed by atoms with Crippen LogP contribution in [-0.2, 0) is 0 Å². The standard InChI is InChI=1S/C16H9ClFNO3/c17-13-6-1-3-9-7-12(16(21)22-14(9)13)15(20)19-11-5-2-4-10(18)8-11/h1-8H,(H,19,20). The summed E-state index contributed by atoms with van der Waals surface area (Å²) in [7, 11) is 0. The van der Waals surface area contributed by atoms with E-state index in [0.717, 1.165) is 6.07 Å². The summed E-state index contributed by atoms with van der Waals surface area (Å²) in [5, 5.41) is 3.26. The van der Waals surface area contributed by atoms with Gasteiger partial charge in [0.1, 0.15) is 11.4 Å². The van der Waals surface area contributed by atoms with Crippen molar-refractivity contribution >= 4 is 34.2 Å². The van der Waals surface area contributed by atoms with Crippen LogP contribution in [0, 0.1) is 5.82 Å². The third-order valence-corrected chi connectivity index (χ3v) is 3.34. The van der Waals surface area contributed by atoms with Gasteiger partial charge >= 0.3 is 5.63 Å². The number of amides is 1. The van der Waals surface area contributed by atoms with E-state index in [2.05, 4.69) is 5.32 Å². The van der Waals surface area contributed by atoms with Gasteiger partial charge in [-0.15, -0.1) is 0 Å². The fourth-order valence-corrected chi connectivity index (χ4v) is 2.25. The first-order valence-electron chi connectivity index (χ1n) is 6.34. The number of fused-ring (bicyclic) bond motifs is 1. The van der Waals surface area contributed by atoms with Crippen LogP contribution in [0.2, 0.25) is 5.02 Å². The van der Waals surface area contributed by atoms with Gasteiger partial charge in [-0.3, -0.25) is 4.79 Å². The number of benzene rings is 2. The second kappa shape index (κ2) is 5.61. The summed E-state index contributed by atoms with van der Waals surface area (Å²) in [6.07, 6.45) is 0. The van der Waals surface area contributed by atoms with Gasteiger partial charge < -0.3 is 9.73 Å². The number of carbonyl (C=O) groups is 1. The Kier molecular flexibility index (Phi) is 3.65. The van der Waals surface area contributed by atoms with Gasteiger partial charge in [0.2, 0.25) is 0 Å². The molecular weight excluding hydrogens is 309 g/mol. The summed E-state index contributed by atoms with van der Waals surface area (Å²) in [5.74, 6) is -1.17. The molecule has 0 bridgehead atoms. The van der Waals surface area contributed by atoms with Crippen molar-refractivity contribution in [2.45, 2.75) is 0 Å². The Morgan fingerprint density at radius 1 is 1.14 bits per heavy atom. The number of anilines is 1. The van der Waals surface area contributed by atoms with Crippen molar-refractivity contribution in [3.63, 3.8) is 0 Å². The van der Waals surface area contributed by atoms with E-state index in [1.54, 1.807) is 18.2 Å². The van der Waals surface area contributed by atoms with Crippen LogP contribution in [0.15, 0.2) is 57.7 Å². The van der Waals surface area contributed by atoms with Gasteiger partial charge in [0.25, 0.3) is 5.91 Å². The van der Waals surface area contributed by atoms with Crippen molar-refractivity contribution in [3.05, 3.63) is 75.4 Å². The lowest BCUT2D eigenvalue weighted by Crippen LogP contribution is -2.20. The smallest absolute Gasteiger partial charge is 0.349 e. The number of carbonyl (C=O) groups excluding carboxylic acids is 1. The van der Waals surface area contributed by atoms with Crippen LogP contribution in [0.5, 0.6) is 0 Å². The van der Waals surface area contributed by atoms with Crippen LogP contribution in [-0.4, -0.2) is 5.91 Å². The molecule has 0 unspecified atom stereocenters. The van der Waals surface area contributed by atoms with E-state index in [9.17, 15) is 14.0 Å². The third-order valence-electron chi connectivity index (χ3n) is 3.04. The molecule has 2 aromatic carbocycles. The van der Waals surface area contributed by atoms with Crippen LogP contribution in [0.4, 0.5) is 10.1 Å². The van der Waals surface area contributed by atoms with E-state index in [-0.39, 0.29) is 21.9 Å². The minimum Gasteiger partial charge on any atom is -0.421 e. The highest BCUT2D eigenvalue weighted by Gasteiger charge is 2.15. The highest BCUT2D eigenvalue weighted by Crippen LogP contribution is 2.22. The average molecular weight is 318 g/mol. The molecule has 0 aliphatic carbocycles. The zero-order valence-corrected chi connectivity index (χ0v) is 11.9. The third kappa shape index (κ3) is 2.71. The lowest BCUT2D eigenvalue weighted by molar-refractivity contribution is 0.102. The van der Waals surface area contributed by atoms with Crippen molar-refractivity contribution < 1.29 is 13.6 Å². The monoisotopic (exact) mass is 317 g/mol. The van der Waals surface area contributed by atoms with Crippen molar-refractivity contribution in [1.29, 1.82) is 0 Å². The topological polar surface area (TPSA) is 59.3 Å². The Balaban J connectivity index is 2.01. The molecule has 110 valence electrons. The molecule has 3 aromatic rings.